The van der Waals surface area contributed by atoms with Gasteiger partial charge in [-0.05, 0) is 37.0 Å². The highest BCUT2D eigenvalue weighted by Crippen LogP contribution is 2.60. The molecule has 0 aromatic heterocycles. The van der Waals surface area contributed by atoms with Crippen LogP contribution >= 0.6 is 11.6 Å². The summed E-state index contributed by atoms with van der Waals surface area (Å²) in [6.07, 6.45) is 4.10. The highest BCUT2D eigenvalue weighted by Gasteiger charge is 2.75. The topological polar surface area (TPSA) is 96.4 Å². The highest BCUT2D eigenvalue weighted by molar-refractivity contribution is 6.34. The molecule has 40 heavy (non-hydrogen) atoms. The molecule has 5 rings (SSSR count). The highest BCUT2D eigenvalue weighted by atomic mass is 35.5. The number of benzene rings is 2. The summed E-state index contributed by atoms with van der Waals surface area (Å²) in [5.74, 6) is -3.12. The Labute approximate surface area is 238 Å². The molecule has 2 amide bonds. The van der Waals surface area contributed by atoms with Crippen molar-refractivity contribution in [2.24, 2.45) is 11.8 Å². The first kappa shape index (κ1) is 28.1. The molecule has 1 N–H and O–H groups in total. The van der Waals surface area contributed by atoms with Crippen LogP contribution in [-0.2, 0) is 23.9 Å². The minimum absolute atomic E-state index is 0.132. The molecule has 3 aliphatic heterocycles. The van der Waals surface area contributed by atoms with Crippen molar-refractivity contribution in [2.75, 3.05) is 24.7 Å². The molecule has 0 saturated carbocycles. The zero-order valence-electron chi connectivity index (χ0n) is 22.2. The van der Waals surface area contributed by atoms with Gasteiger partial charge < -0.3 is 24.4 Å². The number of aliphatic hydroxyl groups excluding tert-OH is 1. The maximum absolute atomic E-state index is 14.6. The molecule has 6 atom stereocenters. The summed E-state index contributed by atoms with van der Waals surface area (Å²) in [5.41, 5.74) is -0.126. The van der Waals surface area contributed by atoms with E-state index in [9.17, 15) is 19.5 Å². The Bertz CT molecular complexity index is 1300. The van der Waals surface area contributed by atoms with Gasteiger partial charge in [0, 0.05) is 6.54 Å². The monoisotopic (exact) mass is 564 g/mol. The van der Waals surface area contributed by atoms with Gasteiger partial charge in [0.1, 0.15) is 11.6 Å². The van der Waals surface area contributed by atoms with Crippen LogP contribution in [0.5, 0.6) is 0 Å². The number of fused-ring (bicyclic) bond motifs is 1. The van der Waals surface area contributed by atoms with Crippen molar-refractivity contribution in [2.45, 2.75) is 43.1 Å². The lowest BCUT2D eigenvalue weighted by atomic mass is 9.70. The van der Waals surface area contributed by atoms with Gasteiger partial charge >= 0.3 is 5.97 Å². The molecule has 2 unspecified atom stereocenters. The van der Waals surface area contributed by atoms with Crippen molar-refractivity contribution in [1.82, 2.24) is 4.90 Å². The SMILES string of the molecule is C=CCCOC(=O)[C@@H]1[C@H]2C(=O)N([C@H](CO)c3ccccc3)C(C(=O)N(CC=C)c3ccccc3Cl)C23CC[C@H]1O3. The van der Waals surface area contributed by atoms with E-state index in [4.69, 9.17) is 21.1 Å². The number of para-hydroxylation sites is 1. The van der Waals surface area contributed by atoms with Gasteiger partial charge in [-0.1, -0.05) is 66.2 Å². The average Bonchev–Trinajstić information content (AvgIpc) is 3.61. The number of hydrogen-bond donors (Lipinski definition) is 1. The number of rotatable bonds is 11. The lowest BCUT2D eigenvalue weighted by Gasteiger charge is -2.39. The van der Waals surface area contributed by atoms with Crippen LogP contribution in [0.3, 0.4) is 0 Å². The quantitative estimate of drug-likeness (QED) is 0.251. The molecular formula is C31H33ClN2O6. The van der Waals surface area contributed by atoms with E-state index in [1.54, 1.807) is 48.6 Å². The van der Waals surface area contributed by atoms with Crippen LogP contribution in [0.1, 0.15) is 30.9 Å². The Hall–Kier alpha value is -3.46. The molecular weight excluding hydrogens is 532 g/mol. The number of hydrogen-bond acceptors (Lipinski definition) is 6. The minimum Gasteiger partial charge on any atom is -0.465 e. The molecule has 3 saturated heterocycles. The summed E-state index contributed by atoms with van der Waals surface area (Å²) < 4.78 is 12.0. The third-order valence-corrected chi connectivity index (χ3v) is 8.54. The van der Waals surface area contributed by atoms with Gasteiger partial charge in [0.2, 0.25) is 5.91 Å². The number of likely N-dealkylation sites (tertiary alicyclic amines) is 1. The Morgan fingerprint density at radius 1 is 1.18 bits per heavy atom. The molecule has 2 aromatic rings. The van der Waals surface area contributed by atoms with Gasteiger partial charge in [0.05, 0.1) is 47.9 Å². The zero-order valence-corrected chi connectivity index (χ0v) is 22.9. The number of anilines is 1. The number of nitrogens with zero attached hydrogens (tertiary/aromatic N) is 2. The van der Waals surface area contributed by atoms with Crippen LogP contribution in [0.25, 0.3) is 0 Å². The summed E-state index contributed by atoms with van der Waals surface area (Å²) >= 11 is 6.52. The standard InChI is InChI=1S/C31H33ClN2O6/c1-3-5-18-39-30(38)25-24-15-16-31(40-24)26(25)28(36)34(23(19-35)20-11-7-6-8-12-20)27(31)29(37)33(17-4-2)22-14-10-9-13-21(22)32/h3-4,6-14,23-27,35H,1-2,5,15-19H2/t23-,24-,25+,26+,27?,31?/m1/s1. The number of halogens is 1. The van der Waals surface area contributed by atoms with E-state index in [1.165, 1.54) is 9.80 Å². The molecule has 0 aliphatic carbocycles. The lowest BCUT2D eigenvalue weighted by molar-refractivity contribution is -0.155. The number of carbonyl (C=O) groups excluding carboxylic acids is 3. The number of carbonyl (C=O) groups is 3. The van der Waals surface area contributed by atoms with Crippen molar-refractivity contribution in [3.63, 3.8) is 0 Å². The molecule has 3 aliphatic rings. The first-order valence-corrected chi connectivity index (χ1v) is 13.9. The fourth-order valence-corrected chi connectivity index (χ4v) is 6.83. The van der Waals surface area contributed by atoms with E-state index >= 15 is 0 Å². The van der Waals surface area contributed by atoms with Crippen LogP contribution in [-0.4, -0.2) is 65.3 Å². The lowest BCUT2D eigenvalue weighted by Crippen LogP contribution is -2.57. The molecule has 2 bridgehead atoms. The van der Waals surface area contributed by atoms with Crippen molar-refractivity contribution < 1.29 is 29.0 Å². The number of esters is 1. The second-order valence-corrected chi connectivity index (χ2v) is 10.8. The Morgan fingerprint density at radius 3 is 2.58 bits per heavy atom. The maximum atomic E-state index is 14.6. The second kappa shape index (κ2) is 11.6. The molecule has 3 heterocycles. The van der Waals surface area contributed by atoms with E-state index in [0.29, 0.717) is 35.5 Å². The predicted molar refractivity (Wildman–Crippen MR) is 150 cm³/mol. The largest absolute Gasteiger partial charge is 0.465 e. The van der Waals surface area contributed by atoms with Crippen LogP contribution in [0.2, 0.25) is 5.02 Å². The summed E-state index contributed by atoms with van der Waals surface area (Å²) in [6, 6.07) is 14.1. The Balaban J connectivity index is 1.62. The van der Waals surface area contributed by atoms with Crippen molar-refractivity contribution >= 4 is 35.1 Å². The summed E-state index contributed by atoms with van der Waals surface area (Å²) in [4.78, 5) is 45.3. The normalized spacial score (nSPS) is 27.2. The van der Waals surface area contributed by atoms with E-state index in [2.05, 4.69) is 13.2 Å². The van der Waals surface area contributed by atoms with Gasteiger partial charge in [-0.3, -0.25) is 14.4 Å². The minimum atomic E-state index is -1.26. The maximum Gasteiger partial charge on any atom is 0.312 e. The van der Waals surface area contributed by atoms with Gasteiger partial charge in [0.15, 0.2) is 0 Å². The molecule has 3 fully saturated rings. The molecule has 8 nitrogen and oxygen atoms in total. The van der Waals surface area contributed by atoms with Crippen LogP contribution in [0, 0.1) is 11.8 Å². The smallest absolute Gasteiger partial charge is 0.312 e. The third kappa shape index (κ3) is 4.54. The molecule has 210 valence electrons. The first-order valence-electron chi connectivity index (χ1n) is 13.5. The van der Waals surface area contributed by atoms with E-state index in [0.717, 1.165) is 0 Å². The molecule has 9 heteroatoms. The van der Waals surface area contributed by atoms with Crippen LogP contribution in [0.4, 0.5) is 5.69 Å². The van der Waals surface area contributed by atoms with E-state index in [1.807, 2.05) is 18.2 Å². The van der Waals surface area contributed by atoms with Gasteiger partial charge in [-0.15, -0.1) is 13.2 Å². The summed E-state index contributed by atoms with van der Waals surface area (Å²) in [6.45, 7) is 7.34. The molecule has 1 spiro atoms. The zero-order chi connectivity index (χ0) is 28.4. The van der Waals surface area contributed by atoms with Crippen LogP contribution < -0.4 is 4.90 Å². The van der Waals surface area contributed by atoms with Gasteiger partial charge in [-0.2, -0.15) is 0 Å². The Morgan fingerprint density at radius 2 is 1.90 bits per heavy atom. The summed E-state index contributed by atoms with van der Waals surface area (Å²) in [5, 5.41) is 11.0. The number of aliphatic hydroxyl groups is 1. The third-order valence-electron chi connectivity index (χ3n) is 8.22. The predicted octanol–water partition coefficient (Wildman–Crippen LogP) is 4.09. The average molecular weight is 565 g/mol. The van der Waals surface area contributed by atoms with E-state index in [-0.39, 0.29) is 13.2 Å². The van der Waals surface area contributed by atoms with Crippen molar-refractivity contribution in [1.29, 1.82) is 0 Å². The second-order valence-electron chi connectivity index (χ2n) is 10.3. The number of ether oxygens (including phenoxy) is 2. The number of amides is 2. The fraction of sp³-hybridized carbons (Fsp3) is 0.387. The van der Waals surface area contributed by atoms with Crippen LogP contribution in [0.15, 0.2) is 79.9 Å². The summed E-state index contributed by atoms with van der Waals surface area (Å²) in [7, 11) is 0. The van der Waals surface area contributed by atoms with Crippen molar-refractivity contribution in [3.05, 3.63) is 90.5 Å². The molecule has 2 aromatic carbocycles. The fourth-order valence-electron chi connectivity index (χ4n) is 6.60. The Kier molecular flexibility index (Phi) is 8.12. The van der Waals surface area contributed by atoms with Crippen molar-refractivity contribution in [3.8, 4) is 0 Å². The van der Waals surface area contributed by atoms with E-state index < -0.39 is 60.0 Å². The van der Waals surface area contributed by atoms with Gasteiger partial charge in [0.25, 0.3) is 5.91 Å². The first-order chi connectivity index (χ1) is 19.4. The van der Waals surface area contributed by atoms with Gasteiger partial charge in [-0.25, -0.2) is 0 Å². The molecule has 0 radical (unpaired) electrons.